The lowest BCUT2D eigenvalue weighted by Gasteiger charge is -2.11. The van der Waals surface area contributed by atoms with Crippen LogP contribution in [-0.4, -0.2) is 7.11 Å². The van der Waals surface area contributed by atoms with Crippen LogP contribution in [0, 0.1) is 0 Å². The Labute approximate surface area is 118 Å². The Bertz CT molecular complexity index is 624. The highest BCUT2D eigenvalue weighted by Crippen LogP contribution is 2.38. The molecule has 1 unspecified atom stereocenters. The van der Waals surface area contributed by atoms with E-state index in [1.807, 2.05) is 18.2 Å². The molecule has 0 spiro atoms. The van der Waals surface area contributed by atoms with Crippen LogP contribution in [-0.2, 0) is 6.42 Å². The Kier molecular flexibility index (Phi) is 3.21. The van der Waals surface area contributed by atoms with Crippen LogP contribution in [0.4, 0.5) is 0 Å². The number of hydrogen-bond donors (Lipinski definition) is 1. The van der Waals surface area contributed by atoms with Gasteiger partial charge in [0.15, 0.2) is 0 Å². The van der Waals surface area contributed by atoms with E-state index in [0.29, 0.717) is 10.8 Å². The van der Waals surface area contributed by atoms with Crippen molar-refractivity contribution in [1.82, 2.24) is 0 Å². The van der Waals surface area contributed by atoms with Crippen LogP contribution in [0.15, 0.2) is 36.4 Å². The second-order valence-electron chi connectivity index (χ2n) is 4.87. The number of hydrogen-bond acceptors (Lipinski definition) is 2. The SMILES string of the molecule is COc1ccc(-c2cccc3c2CCC3N)cc1Cl. The summed E-state index contributed by atoms with van der Waals surface area (Å²) >= 11 is 6.21. The first kappa shape index (κ1) is 12.5. The van der Waals surface area contributed by atoms with Crippen LogP contribution in [0.1, 0.15) is 23.6 Å². The van der Waals surface area contributed by atoms with Crippen molar-refractivity contribution in [3.63, 3.8) is 0 Å². The van der Waals surface area contributed by atoms with Crippen LogP contribution in [0.25, 0.3) is 11.1 Å². The normalized spacial score (nSPS) is 17.3. The van der Waals surface area contributed by atoms with E-state index in [4.69, 9.17) is 22.1 Å². The third kappa shape index (κ3) is 2.11. The van der Waals surface area contributed by atoms with E-state index in [2.05, 4.69) is 18.2 Å². The highest BCUT2D eigenvalue weighted by Gasteiger charge is 2.21. The second kappa shape index (κ2) is 4.87. The van der Waals surface area contributed by atoms with Crippen LogP contribution in [0.5, 0.6) is 5.75 Å². The number of benzene rings is 2. The van der Waals surface area contributed by atoms with Crippen LogP contribution < -0.4 is 10.5 Å². The number of methoxy groups -OCH3 is 1. The van der Waals surface area contributed by atoms with Gasteiger partial charge in [-0.15, -0.1) is 0 Å². The molecule has 0 saturated heterocycles. The molecular formula is C16H16ClNO. The minimum atomic E-state index is 0.170. The third-order valence-corrected chi connectivity index (χ3v) is 4.08. The van der Waals surface area contributed by atoms with Gasteiger partial charge < -0.3 is 10.5 Å². The van der Waals surface area contributed by atoms with Crippen molar-refractivity contribution in [3.05, 3.63) is 52.5 Å². The monoisotopic (exact) mass is 273 g/mol. The third-order valence-electron chi connectivity index (χ3n) is 3.78. The van der Waals surface area contributed by atoms with Crippen LogP contribution in [0.2, 0.25) is 5.02 Å². The van der Waals surface area contributed by atoms with E-state index in [-0.39, 0.29) is 6.04 Å². The summed E-state index contributed by atoms with van der Waals surface area (Å²) in [4.78, 5) is 0. The molecule has 3 heteroatoms. The molecule has 0 fully saturated rings. The van der Waals surface area contributed by atoms with Gasteiger partial charge in [0.2, 0.25) is 0 Å². The molecule has 0 heterocycles. The number of rotatable bonds is 2. The quantitative estimate of drug-likeness (QED) is 0.899. The van der Waals surface area contributed by atoms with E-state index in [9.17, 15) is 0 Å². The molecule has 2 aromatic rings. The summed E-state index contributed by atoms with van der Waals surface area (Å²) in [5.41, 5.74) is 11.1. The lowest BCUT2D eigenvalue weighted by molar-refractivity contribution is 0.415. The first-order valence-corrected chi connectivity index (χ1v) is 6.80. The lowest BCUT2D eigenvalue weighted by atomic mass is 9.96. The molecule has 3 rings (SSSR count). The van der Waals surface area contributed by atoms with Crippen molar-refractivity contribution in [3.8, 4) is 16.9 Å². The van der Waals surface area contributed by atoms with Gasteiger partial charge in [-0.3, -0.25) is 0 Å². The smallest absolute Gasteiger partial charge is 0.137 e. The zero-order valence-electron chi connectivity index (χ0n) is 10.8. The molecule has 2 N–H and O–H groups in total. The van der Waals surface area contributed by atoms with E-state index in [0.717, 1.165) is 18.4 Å². The Morgan fingerprint density at radius 1 is 1.26 bits per heavy atom. The van der Waals surface area contributed by atoms with Crippen molar-refractivity contribution in [2.24, 2.45) is 5.73 Å². The van der Waals surface area contributed by atoms with Crippen molar-refractivity contribution in [2.45, 2.75) is 18.9 Å². The number of ether oxygens (including phenoxy) is 1. The second-order valence-corrected chi connectivity index (χ2v) is 5.28. The highest BCUT2D eigenvalue weighted by molar-refractivity contribution is 6.32. The van der Waals surface area contributed by atoms with Gasteiger partial charge in [0, 0.05) is 6.04 Å². The molecule has 1 atom stereocenters. The minimum absolute atomic E-state index is 0.170. The molecule has 2 nitrogen and oxygen atoms in total. The average Bonchev–Trinajstić information content (AvgIpc) is 2.80. The Morgan fingerprint density at radius 3 is 2.84 bits per heavy atom. The van der Waals surface area contributed by atoms with Crippen molar-refractivity contribution >= 4 is 11.6 Å². The fourth-order valence-electron chi connectivity index (χ4n) is 2.79. The Morgan fingerprint density at radius 2 is 2.11 bits per heavy atom. The fraction of sp³-hybridized carbons (Fsp3) is 0.250. The zero-order valence-corrected chi connectivity index (χ0v) is 11.6. The molecule has 0 saturated carbocycles. The fourth-order valence-corrected chi connectivity index (χ4v) is 3.05. The van der Waals surface area contributed by atoms with Gasteiger partial charge in [0.25, 0.3) is 0 Å². The first-order chi connectivity index (χ1) is 9.20. The predicted octanol–water partition coefficient (Wildman–Crippen LogP) is 3.96. The maximum absolute atomic E-state index is 6.21. The summed E-state index contributed by atoms with van der Waals surface area (Å²) in [5, 5.41) is 0.639. The minimum Gasteiger partial charge on any atom is -0.495 e. The van der Waals surface area contributed by atoms with Crippen LogP contribution in [0.3, 0.4) is 0 Å². The summed E-state index contributed by atoms with van der Waals surface area (Å²) in [7, 11) is 1.63. The molecule has 0 radical (unpaired) electrons. The van der Waals surface area contributed by atoms with Gasteiger partial charge in [-0.2, -0.15) is 0 Å². The molecule has 0 aromatic heterocycles. The topological polar surface area (TPSA) is 35.2 Å². The number of halogens is 1. The molecule has 19 heavy (non-hydrogen) atoms. The van der Waals surface area contributed by atoms with Crippen molar-refractivity contribution < 1.29 is 4.74 Å². The van der Waals surface area contributed by atoms with Crippen molar-refractivity contribution in [2.75, 3.05) is 7.11 Å². The number of nitrogens with two attached hydrogens (primary N) is 1. The Hall–Kier alpha value is -1.51. The van der Waals surface area contributed by atoms with E-state index in [1.54, 1.807) is 7.11 Å². The summed E-state index contributed by atoms with van der Waals surface area (Å²) in [6, 6.07) is 12.4. The molecule has 98 valence electrons. The summed E-state index contributed by atoms with van der Waals surface area (Å²) in [6.45, 7) is 0. The molecule has 0 aliphatic heterocycles. The maximum Gasteiger partial charge on any atom is 0.137 e. The van der Waals surface area contributed by atoms with E-state index < -0.39 is 0 Å². The zero-order chi connectivity index (χ0) is 13.4. The van der Waals surface area contributed by atoms with Gasteiger partial charge in [-0.25, -0.2) is 0 Å². The van der Waals surface area contributed by atoms with Gasteiger partial charge in [-0.05, 0) is 47.2 Å². The van der Waals surface area contributed by atoms with E-state index in [1.165, 1.54) is 16.7 Å². The van der Waals surface area contributed by atoms with Crippen molar-refractivity contribution in [1.29, 1.82) is 0 Å². The van der Waals surface area contributed by atoms with Gasteiger partial charge in [0.05, 0.1) is 12.1 Å². The Balaban J connectivity index is 2.11. The van der Waals surface area contributed by atoms with E-state index >= 15 is 0 Å². The lowest BCUT2D eigenvalue weighted by Crippen LogP contribution is -2.04. The summed E-state index contributed by atoms with van der Waals surface area (Å²) in [5.74, 6) is 0.703. The van der Waals surface area contributed by atoms with Gasteiger partial charge in [0.1, 0.15) is 5.75 Å². The van der Waals surface area contributed by atoms with Gasteiger partial charge in [-0.1, -0.05) is 35.9 Å². The molecule has 0 bridgehead atoms. The maximum atomic E-state index is 6.21. The highest BCUT2D eigenvalue weighted by atomic mass is 35.5. The average molecular weight is 274 g/mol. The standard InChI is InChI=1S/C16H16ClNO/c1-19-16-8-5-10(9-14(16)17)11-3-2-4-13-12(11)6-7-15(13)18/h2-5,8-9,15H,6-7,18H2,1H3. The molecule has 0 amide bonds. The molecule has 1 aliphatic carbocycles. The summed E-state index contributed by atoms with van der Waals surface area (Å²) < 4.78 is 5.19. The summed E-state index contributed by atoms with van der Waals surface area (Å²) in [6.07, 6.45) is 2.06. The molecule has 1 aliphatic rings. The number of fused-ring (bicyclic) bond motifs is 1. The largest absolute Gasteiger partial charge is 0.495 e. The molecular weight excluding hydrogens is 258 g/mol. The first-order valence-electron chi connectivity index (χ1n) is 6.42. The predicted molar refractivity (Wildman–Crippen MR) is 78.7 cm³/mol. The van der Waals surface area contributed by atoms with Gasteiger partial charge >= 0.3 is 0 Å². The molecule has 2 aromatic carbocycles. The van der Waals surface area contributed by atoms with Crippen LogP contribution >= 0.6 is 11.6 Å².